The van der Waals surface area contributed by atoms with Crippen molar-refractivity contribution in [3.8, 4) is 5.75 Å². The first-order chi connectivity index (χ1) is 17.4. The molecule has 0 bridgehead atoms. The van der Waals surface area contributed by atoms with Crippen molar-refractivity contribution in [3.05, 3.63) is 89.7 Å². The second kappa shape index (κ2) is 11.5. The third-order valence-electron chi connectivity index (χ3n) is 5.96. The van der Waals surface area contributed by atoms with Gasteiger partial charge in [-0.3, -0.25) is 14.4 Å². The fourth-order valence-corrected chi connectivity index (χ4v) is 5.18. The number of para-hydroxylation sites is 2. The van der Waals surface area contributed by atoms with E-state index < -0.39 is 15.9 Å². The lowest BCUT2D eigenvalue weighted by Crippen LogP contribution is -2.43. The fourth-order valence-electron chi connectivity index (χ4n) is 4.06. The molecular weight excluding hydrogens is 485 g/mol. The van der Waals surface area contributed by atoms with Gasteiger partial charge in [0, 0.05) is 25.2 Å². The molecule has 0 spiro atoms. The van der Waals surface area contributed by atoms with Crippen LogP contribution in [0, 0.1) is 5.82 Å². The molecule has 1 aliphatic heterocycles. The first-order valence-electron chi connectivity index (χ1n) is 11.5. The Bertz CT molecular complexity index is 1290. The van der Waals surface area contributed by atoms with Crippen LogP contribution in [0.4, 0.5) is 10.1 Å². The maximum Gasteiger partial charge on any atom is 0.262 e. The summed E-state index contributed by atoms with van der Waals surface area (Å²) in [5, 5.41) is 2.91. The second-order valence-electron chi connectivity index (χ2n) is 8.26. The van der Waals surface area contributed by atoms with E-state index >= 15 is 0 Å². The van der Waals surface area contributed by atoms with Crippen LogP contribution < -0.4 is 14.8 Å². The maximum absolute atomic E-state index is 13.5. The summed E-state index contributed by atoms with van der Waals surface area (Å²) in [6.45, 7) is 2.77. The predicted octanol–water partition coefficient (Wildman–Crippen LogP) is 3.44. The highest BCUT2D eigenvalue weighted by Gasteiger charge is 2.24. The monoisotopic (exact) mass is 513 g/mol. The van der Waals surface area contributed by atoms with E-state index in [9.17, 15) is 17.6 Å². The molecular formula is C26H28FN3O5S. The number of sulfonamides is 1. The molecule has 3 aromatic carbocycles. The van der Waals surface area contributed by atoms with Crippen molar-refractivity contribution in [2.75, 3.05) is 44.7 Å². The van der Waals surface area contributed by atoms with Gasteiger partial charge in [0.1, 0.15) is 11.6 Å². The zero-order valence-electron chi connectivity index (χ0n) is 19.8. The number of nitrogens with zero attached hydrogens (tertiary/aromatic N) is 1. The van der Waals surface area contributed by atoms with Gasteiger partial charge in [-0.15, -0.1) is 0 Å². The molecule has 1 atom stereocenters. The van der Waals surface area contributed by atoms with Crippen molar-refractivity contribution in [3.63, 3.8) is 0 Å². The smallest absolute Gasteiger partial charge is 0.262 e. The van der Waals surface area contributed by atoms with E-state index in [2.05, 4.69) is 14.9 Å². The number of halogens is 1. The molecule has 10 heteroatoms. The van der Waals surface area contributed by atoms with E-state index in [1.807, 2.05) is 0 Å². The molecule has 0 aliphatic carbocycles. The van der Waals surface area contributed by atoms with Gasteiger partial charge in [0.2, 0.25) is 0 Å². The third kappa shape index (κ3) is 6.20. The van der Waals surface area contributed by atoms with Crippen LogP contribution in [-0.4, -0.2) is 59.2 Å². The number of morpholine rings is 1. The molecule has 2 N–H and O–H groups in total. The van der Waals surface area contributed by atoms with Crippen molar-refractivity contribution in [1.29, 1.82) is 0 Å². The van der Waals surface area contributed by atoms with Crippen LogP contribution in [0.3, 0.4) is 0 Å². The van der Waals surface area contributed by atoms with Crippen LogP contribution in [0.5, 0.6) is 5.75 Å². The average Bonchev–Trinajstić information content (AvgIpc) is 2.90. The van der Waals surface area contributed by atoms with Gasteiger partial charge in [0.25, 0.3) is 15.9 Å². The van der Waals surface area contributed by atoms with Crippen LogP contribution >= 0.6 is 0 Å². The second-order valence-corrected chi connectivity index (χ2v) is 9.94. The number of carbonyl (C=O) groups is 1. The Labute approximate surface area is 210 Å². The number of nitrogens with one attached hydrogen (secondary N) is 2. The first-order valence-corrected chi connectivity index (χ1v) is 13.0. The minimum absolute atomic E-state index is 0.0516. The molecule has 1 saturated heterocycles. The van der Waals surface area contributed by atoms with E-state index in [1.54, 1.807) is 42.5 Å². The van der Waals surface area contributed by atoms with Crippen LogP contribution in [0.15, 0.2) is 77.7 Å². The van der Waals surface area contributed by atoms with Crippen molar-refractivity contribution in [2.45, 2.75) is 10.9 Å². The number of hydrogen-bond donors (Lipinski definition) is 2. The van der Waals surface area contributed by atoms with Crippen LogP contribution in [0.1, 0.15) is 22.0 Å². The highest BCUT2D eigenvalue weighted by atomic mass is 32.2. The molecule has 0 radical (unpaired) electrons. The largest absolute Gasteiger partial charge is 0.495 e. The van der Waals surface area contributed by atoms with Gasteiger partial charge >= 0.3 is 0 Å². The molecule has 1 fully saturated rings. The summed E-state index contributed by atoms with van der Waals surface area (Å²) in [5.74, 6) is -0.363. The molecule has 190 valence electrons. The molecule has 1 aliphatic rings. The third-order valence-corrected chi connectivity index (χ3v) is 7.32. The minimum atomic E-state index is -3.97. The van der Waals surface area contributed by atoms with E-state index in [0.717, 1.165) is 5.56 Å². The van der Waals surface area contributed by atoms with Gasteiger partial charge in [0.15, 0.2) is 0 Å². The number of hydrogen-bond acceptors (Lipinski definition) is 6. The van der Waals surface area contributed by atoms with E-state index in [0.29, 0.717) is 37.7 Å². The maximum atomic E-state index is 13.5. The molecule has 4 rings (SSSR count). The summed E-state index contributed by atoms with van der Waals surface area (Å²) in [4.78, 5) is 15.1. The van der Waals surface area contributed by atoms with E-state index in [-0.39, 0.29) is 28.9 Å². The standard InChI is InChI=1S/C26H28FN3O5S/c1-34-25-8-3-2-7-23(25)29-36(32,33)22-6-4-5-20(17-22)26(31)28-18-24(30-13-15-35-16-14-30)19-9-11-21(27)12-10-19/h2-12,17,24,29H,13-16,18H2,1H3,(H,28,31)/t24-/m1/s1. The summed E-state index contributed by atoms with van der Waals surface area (Å²) in [6.07, 6.45) is 0. The molecule has 0 unspecified atom stereocenters. The highest BCUT2D eigenvalue weighted by Crippen LogP contribution is 2.26. The van der Waals surface area contributed by atoms with Gasteiger partial charge < -0.3 is 14.8 Å². The number of ether oxygens (including phenoxy) is 2. The van der Waals surface area contributed by atoms with Gasteiger partial charge in [-0.2, -0.15) is 0 Å². The Balaban J connectivity index is 1.49. The lowest BCUT2D eigenvalue weighted by molar-refractivity contribution is 0.0162. The predicted molar refractivity (Wildman–Crippen MR) is 134 cm³/mol. The number of benzene rings is 3. The Kier molecular flexibility index (Phi) is 8.19. The molecule has 36 heavy (non-hydrogen) atoms. The summed E-state index contributed by atoms with van der Waals surface area (Å²) >= 11 is 0. The lowest BCUT2D eigenvalue weighted by atomic mass is 10.0. The number of carbonyl (C=O) groups excluding carboxylic acids is 1. The van der Waals surface area contributed by atoms with Crippen LogP contribution in [-0.2, 0) is 14.8 Å². The normalized spacial score (nSPS) is 15.2. The zero-order chi connectivity index (χ0) is 25.5. The molecule has 1 amide bonds. The van der Waals surface area contributed by atoms with Crippen LogP contribution in [0.2, 0.25) is 0 Å². The van der Waals surface area contributed by atoms with Gasteiger partial charge in [-0.1, -0.05) is 30.3 Å². The van der Waals surface area contributed by atoms with Crippen molar-refractivity contribution >= 4 is 21.6 Å². The van der Waals surface area contributed by atoms with E-state index in [1.165, 1.54) is 37.4 Å². The first kappa shape index (κ1) is 25.6. The van der Waals surface area contributed by atoms with E-state index in [4.69, 9.17) is 9.47 Å². The van der Waals surface area contributed by atoms with Gasteiger partial charge in [0.05, 0.1) is 36.9 Å². The fraction of sp³-hybridized carbons (Fsp3) is 0.269. The van der Waals surface area contributed by atoms with Crippen molar-refractivity contribution < 1.29 is 27.1 Å². The van der Waals surface area contributed by atoms with Crippen molar-refractivity contribution in [1.82, 2.24) is 10.2 Å². The number of rotatable bonds is 9. The zero-order valence-corrected chi connectivity index (χ0v) is 20.6. The van der Waals surface area contributed by atoms with Crippen LogP contribution in [0.25, 0.3) is 0 Å². The Hall–Kier alpha value is -3.47. The van der Waals surface area contributed by atoms with Crippen molar-refractivity contribution in [2.24, 2.45) is 0 Å². The molecule has 3 aromatic rings. The molecule has 0 saturated carbocycles. The summed E-state index contributed by atoms with van der Waals surface area (Å²) in [6, 6.07) is 18.5. The molecule has 8 nitrogen and oxygen atoms in total. The number of methoxy groups -OCH3 is 1. The summed E-state index contributed by atoms with van der Waals surface area (Å²) in [7, 11) is -2.51. The Morgan fingerprint density at radius 2 is 1.78 bits per heavy atom. The summed E-state index contributed by atoms with van der Waals surface area (Å²) < 4.78 is 52.6. The van der Waals surface area contributed by atoms with Gasteiger partial charge in [-0.25, -0.2) is 12.8 Å². The minimum Gasteiger partial charge on any atom is -0.495 e. The Morgan fingerprint density at radius 1 is 1.06 bits per heavy atom. The number of amides is 1. The Morgan fingerprint density at radius 3 is 2.50 bits per heavy atom. The van der Waals surface area contributed by atoms with Gasteiger partial charge in [-0.05, 0) is 48.0 Å². The lowest BCUT2D eigenvalue weighted by Gasteiger charge is -2.35. The molecule has 0 aromatic heterocycles. The topological polar surface area (TPSA) is 97.0 Å². The molecule has 1 heterocycles. The quantitative estimate of drug-likeness (QED) is 0.455. The number of anilines is 1. The average molecular weight is 514 g/mol. The SMILES string of the molecule is COc1ccccc1NS(=O)(=O)c1cccc(C(=O)NC[C@H](c2ccc(F)cc2)N2CCOCC2)c1. The summed E-state index contributed by atoms with van der Waals surface area (Å²) in [5.41, 5.74) is 1.37. The highest BCUT2D eigenvalue weighted by molar-refractivity contribution is 7.92.